The Kier molecular flexibility index (Phi) is 6.02. The van der Waals surface area contributed by atoms with Gasteiger partial charge in [0.2, 0.25) is 5.95 Å². The van der Waals surface area contributed by atoms with Crippen LogP contribution in [0.4, 0.5) is 5.95 Å². The smallest absolute Gasteiger partial charge is 0.245 e. The topological polar surface area (TPSA) is 41.9 Å². The number of aromatic nitrogens is 3. The van der Waals surface area contributed by atoms with E-state index in [9.17, 15) is 0 Å². The highest BCUT2D eigenvalue weighted by molar-refractivity contribution is 6.18. The molecule has 1 aliphatic rings. The molecule has 1 aliphatic carbocycles. The molecule has 0 aliphatic heterocycles. The van der Waals surface area contributed by atoms with Crippen molar-refractivity contribution in [3.05, 3.63) is 11.4 Å². The zero-order chi connectivity index (χ0) is 14.4. The zero-order valence-electron chi connectivity index (χ0n) is 12.6. The average molecular weight is 297 g/mol. The lowest BCUT2D eigenvalue weighted by atomic mass is 9.94. The maximum atomic E-state index is 5.98. The van der Waals surface area contributed by atoms with Crippen LogP contribution in [0.1, 0.15) is 57.3 Å². The van der Waals surface area contributed by atoms with Crippen LogP contribution < -0.4 is 4.90 Å². The summed E-state index contributed by atoms with van der Waals surface area (Å²) in [5, 5.41) is 8.73. The molecule has 0 saturated heterocycles. The average Bonchev–Trinajstić information content (AvgIpc) is 2.52. The van der Waals surface area contributed by atoms with Gasteiger partial charge in [-0.2, -0.15) is 5.10 Å². The Morgan fingerprint density at radius 1 is 1.05 bits per heavy atom. The number of halogens is 1. The first-order chi connectivity index (χ1) is 9.80. The Bertz CT molecular complexity index is 418. The molecule has 0 N–H and O–H groups in total. The van der Waals surface area contributed by atoms with E-state index in [0.29, 0.717) is 11.9 Å². The highest BCUT2D eigenvalue weighted by Crippen LogP contribution is 2.25. The Morgan fingerprint density at radius 2 is 1.75 bits per heavy atom. The van der Waals surface area contributed by atoms with Gasteiger partial charge in [-0.05, 0) is 25.7 Å². The second kappa shape index (κ2) is 7.77. The molecule has 1 aromatic heterocycles. The third kappa shape index (κ3) is 3.60. The SMILES string of the molecule is CCc1nnc(N(CCCl)C2CCCCC2)nc1CC. The van der Waals surface area contributed by atoms with E-state index >= 15 is 0 Å². The van der Waals surface area contributed by atoms with E-state index < -0.39 is 0 Å². The molecule has 1 aromatic rings. The molecule has 0 amide bonds. The third-order valence-electron chi connectivity index (χ3n) is 4.10. The van der Waals surface area contributed by atoms with Crippen molar-refractivity contribution in [3.63, 3.8) is 0 Å². The van der Waals surface area contributed by atoms with Gasteiger partial charge < -0.3 is 4.90 Å². The molecule has 1 heterocycles. The van der Waals surface area contributed by atoms with Crippen molar-refractivity contribution < 1.29 is 0 Å². The standard InChI is InChI=1S/C15H25ClN4/c1-3-13-14(4-2)18-19-15(17-13)20(11-10-16)12-8-6-5-7-9-12/h12H,3-11H2,1-2H3. The zero-order valence-corrected chi connectivity index (χ0v) is 13.4. The minimum Gasteiger partial charge on any atom is -0.335 e. The van der Waals surface area contributed by atoms with Crippen LogP contribution in [0, 0.1) is 0 Å². The first kappa shape index (κ1) is 15.5. The van der Waals surface area contributed by atoms with E-state index in [1.807, 2.05) is 0 Å². The van der Waals surface area contributed by atoms with Crippen molar-refractivity contribution in [3.8, 4) is 0 Å². The molecule has 1 fully saturated rings. The lowest BCUT2D eigenvalue weighted by Gasteiger charge is -2.33. The van der Waals surface area contributed by atoms with E-state index in [1.54, 1.807) is 0 Å². The van der Waals surface area contributed by atoms with Crippen molar-refractivity contribution in [1.29, 1.82) is 0 Å². The highest BCUT2D eigenvalue weighted by atomic mass is 35.5. The van der Waals surface area contributed by atoms with Crippen molar-refractivity contribution in [2.24, 2.45) is 0 Å². The summed E-state index contributed by atoms with van der Waals surface area (Å²) >= 11 is 5.98. The van der Waals surface area contributed by atoms with Gasteiger partial charge in [0.15, 0.2) is 0 Å². The second-order valence-corrected chi connectivity index (χ2v) is 5.76. The minimum absolute atomic E-state index is 0.529. The Morgan fingerprint density at radius 3 is 2.35 bits per heavy atom. The van der Waals surface area contributed by atoms with Gasteiger partial charge in [0.25, 0.3) is 0 Å². The number of alkyl halides is 1. The molecule has 1 saturated carbocycles. The van der Waals surface area contributed by atoms with Crippen molar-refractivity contribution >= 4 is 17.5 Å². The Labute approximate surface area is 126 Å². The number of aryl methyl sites for hydroxylation is 2. The summed E-state index contributed by atoms with van der Waals surface area (Å²) in [4.78, 5) is 7.03. The number of nitrogens with zero attached hydrogens (tertiary/aromatic N) is 4. The first-order valence-corrected chi connectivity index (χ1v) is 8.38. The number of hydrogen-bond donors (Lipinski definition) is 0. The molecule has 0 aromatic carbocycles. The summed E-state index contributed by atoms with van der Waals surface area (Å²) in [5.41, 5.74) is 2.10. The molecule has 0 bridgehead atoms. The van der Waals surface area contributed by atoms with Crippen LogP contribution in [0.2, 0.25) is 0 Å². The maximum Gasteiger partial charge on any atom is 0.245 e. The quantitative estimate of drug-likeness (QED) is 0.755. The summed E-state index contributed by atoms with van der Waals surface area (Å²) in [6, 6.07) is 0.529. The van der Waals surface area contributed by atoms with Gasteiger partial charge in [-0.25, -0.2) is 4.98 Å². The predicted octanol–water partition coefficient (Wildman–Crippen LogP) is 3.37. The predicted molar refractivity (Wildman–Crippen MR) is 83.5 cm³/mol. The minimum atomic E-state index is 0.529. The fourth-order valence-electron chi connectivity index (χ4n) is 2.98. The fraction of sp³-hybridized carbons (Fsp3) is 0.800. The van der Waals surface area contributed by atoms with E-state index in [0.717, 1.165) is 36.7 Å². The second-order valence-electron chi connectivity index (χ2n) is 5.39. The largest absolute Gasteiger partial charge is 0.335 e. The monoisotopic (exact) mass is 296 g/mol. The van der Waals surface area contributed by atoms with E-state index in [1.165, 1.54) is 32.1 Å². The summed E-state index contributed by atoms with van der Waals surface area (Å²) in [6.07, 6.45) is 8.18. The summed E-state index contributed by atoms with van der Waals surface area (Å²) in [5.74, 6) is 1.38. The molecular formula is C15H25ClN4. The van der Waals surface area contributed by atoms with Crippen molar-refractivity contribution in [2.45, 2.75) is 64.8 Å². The molecule has 0 unspecified atom stereocenters. The molecule has 112 valence electrons. The number of rotatable bonds is 6. The molecule has 2 rings (SSSR count). The van der Waals surface area contributed by atoms with Gasteiger partial charge in [0, 0.05) is 18.5 Å². The van der Waals surface area contributed by atoms with E-state index in [4.69, 9.17) is 16.6 Å². The van der Waals surface area contributed by atoms with Crippen LogP contribution in [0.15, 0.2) is 0 Å². The normalized spacial score (nSPS) is 16.4. The van der Waals surface area contributed by atoms with Gasteiger partial charge >= 0.3 is 0 Å². The molecule has 5 heteroatoms. The lowest BCUT2D eigenvalue weighted by molar-refractivity contribution is 0.413. The van der Waals surface area contributed by atoms with Crippen LogP contribution in [0.5, 0.6) is 0 Å². The van der Waals surface area contributed by atoms with Gasteiger partial charge in [-0.3, -0.25) is 0 Å². The molecule has 4 nitrogen and oxygen atoms in total. The molecule has 0 radical (unpaired) electrons. The fourth-order valence-corrected chi connectivity index (χ4v) is 3.16. The van der Waals surface area contributed by atoms with Crippen LogP contribution in [-0.4, -0.2) is 33.6 Å². The molecular weight excluding hydrogens is 272 g/mol. The van der Waals surface area contributed by atoms with Crippen molar-refractivity contribution in [2.75, 3.05) is 17.3 Å². The van der Waals surface area contributed by atoms with Gasteiger partial charge in [0.05, 0.1) is 11.4 Å². The molecule has 0 spiro atoms. The maximum absolute atomic E-state index is 5.98. The van der Waals surface area contributed by atoms with Crippen LogP contribution in [-0.2, 0) is 12.8 Å². The number of anilines is 1. The lowest BCUT2D eigenvalue weighted by Crippen LogP contribution is -2.39. The Balaban J connectivity index is 2.23. The third-order valence-corrected chi connectivity index (χ3v) is 4.26. The van der Waals surface area contributed by atoms with Gasteiger partial charge in [-0.1, -0.05) is 33.1 Å². The van der Waals surface area contributed by atoms with E-state index in [2.05, 4.69) is 28.9 Å². The first-order valence-electron chi connectivity index (χ1n) is 7.85. The van der Waals surface area contributed by atoms with Gasteiger partial charge in [0.1, 0.15) is 0 Å². The van der Waals surface area contributed by atoms with E-state index in [-0.39, 0.29) is 0 Å². The van der Waals surface area contributed by atoms with Crippen LogP contribution >= 0.6 is 11.6 Å². The number of hydrogen-bond acceptors (Lipinski definition) is 4. The molecule has 20 heavy (non-hydrogen) atoms. The summed E-state index contributed by atoms with van der Waals surface area (Å²) < 4.78 is 0. The summed E-state index contributed by atoms with van der Waals surface area (Å²) in [7, 11) is 0. The van der Waals surface area contributed by atoms with Gasteiger partial charge in [-0.15, -0.1) is 16.7 Å². The Hall–Kier alpha value is -0.900. The highest BCUT2D eigenvalue weighted by Gasteiger charge is 2.23. The molecule has 0 atom stereocenters. The van der Waals surface area contributed by atoms with Crippen LogP contribution in [0.3, 0.4) is 0 Å². The van der Waals surface area contributed by atoms with Crippen molar-refractivity contribution in [1.82, 2.24) is 15.2 Å². The summed E-state index contributed by atoms with van der Waals surface area (Å²) in [6.45, 7) is 5.03. The van der Waals surface area contributed by atoms with Crippen LogP contribution in [0.25, 0.3) is 0 Å².